The van der Waals surface area contributed by atoms with Gasteiger partial charge >= 0.3 is 0 Å². The van der Waals surface area contributed by atoms with E-state index < -0.39 is 17.6 Å². The highest BCUT2D eigenvalue weighted by molar-refractivity contribution is 6.35. The number of ether oxygens (including phenoxy) is 2. The molecule has 0 unspecified atom stereocenters. The predicted octanol–water partition coefficient (Wildman–Crippen LogP) is 3.45. The first-order chi connectivity index (χ1) is 12.6. The van der Waals surface area contributed by atoms with Crippen molar-refractivity contribution < 1.29 is 24.2 Å². The van der Waals surface area contributed by atoms with Gasteiger partial charge in [0.15, 0.2) is 17.3 Å². The number of rotatable bonds is 4. The van der Waals surface area contributed by atoms with E-state index in [0.717, 1.165) is 38.5 Å². The van der Waals surface area contributed by atoms with Gasteiger partial charge in [0.1, 0.15) is 0 Å². The first kappa shape index (κ1) is 18.3. The Balaban J connectivity index is 1.91. The summed E-state index contributed by atoms with van der Waals surface area (Å²) in [4.78, 5) is 26.9. The molecule has 2 aliphatic rings. The average molecular weight is 359 g/mol. The first-order valence-electron chi connectivity index (χ1n) is 9.12. The van der Waals surface area contributed by atoms with Crippen molar-refractivity contribution in [2.45, 2.75) is 51.0 Å². The monoisotopic (exact) mass is 359 g/mol. The SMILES string of the molecule is COc1ccc(C2=C(O)C(=O)N(C3CCCCCCC3)C2=O)cc1OC. The van der Waals surface area contributed by atoms with Crippen LogP contribution in [0.3, 0.4) is 0 Å². The van der Waals surface area contributed by atoms with Crippen LogP contribution in [0.25, 0.3) is 5.57 Å². The van der Waals surface area contributed by atoms with Crippen LogP contribution in [0.5, 0.6) is 11.5 Å². The molecule has 1 aliphatic heterocycles. The molecule has 6 nitrogen and oxygen atoms in total. The molecule has 0 saturated heterocycles. The van der Waals surface area contributed by atoms with Gasteiger partial charge in [-0.05, 0) is 30.5 Å². The van der Waals surface area contributed by atoms with Gasteiger partial charge in [-0.15, -0.1) is 0 Å². The highest BCUT2D eigenvalue weighted by Crippen LogP contribution is 2.36. The van der Waals surface area contributed by atoms with Crippen LogP contribution in [0.15, 0.2) is 24.0 Å². The van der Waals surface area contributed by atoms with Gasteiger partial charge in [0.05, 0.1) is 19.8 Å². The molecule has 1 aliphatic carbocycles. The van der Waals surface area contributed by atoms with Crippen LogP contribution < -0.4 is 9.47 Å². The third-order valence-electron chi connectivity index (χ3n) is 5.20. The standard InChI is InChI=1S/C20H25NO5/c1-25-15-11-10-13(12-16(15)26-2)17-18(22)20(24)21(19(17)23)14-8-6-4-3-5-7-9-14/h10-12,14,22H,3-9H2,1-2H3. The fourth-order valence-corrected chi connectivity index (χ4v) is 3.81. The second-order valence-corrected chi connectivity index (χ2v) is 6.77. The van der Waals surface area contributed by atoms with Crippen LogP contribution in [0.4, 0.5) is 0 Å². The van der Waals surface area contributed by atoms with E-state index in [0.29, 0.717) is 17.1 Å². The highest BCUT2D eigenvalue weighted by atomic mass is 16.5. The lowest BCUT2D eigenvalue weighted by Crippen LogP contribution is -2.41. The number of benzene rings is 1. The van der Waals surface area contributed by atoms with Gasteiger partial charge in [-0.25, -0.2) is 0 Å². The maximum atomic E-state index is 13.0. The third-order valence-corrected chi connectivity index (χ3v) is 5.20. The number of aliphatic hydroxyl groups excluding tert-OH is 1. The number of hydrogen-bond acceptors (Lipinski definition) is 5. The van der Waals surface area contributed by atoms with Crippen LogP contribution in [-0.4, -0.2) is 42.1 Å². The maximum absolute atomic E-state index is 13.0. The molecule has 3 rings (SSSR count). The van der Waals surface area contributed by atoms with Gasteiger partial charge in [-0.1, -0.05) is 38.2 Å². The van der Waals surface area contributed by atoms with E-state index in [1.165, 1.54) is 25.5 Å². The molecule has 1 N–H and O–H groups in total. The second-order valence-electron chi connectivity index (χ2n) is 6.77. The Labute approximate surface area is 153 Å². The largest absolute Gasteiger partial charge is 0.502 e. The van der Waals surface area contributed by atoms with Crippen LogP contribution >= 0.6 is 0 Å². The van der Waals surface area contributed by atoms with Gasteiger partial charge in [0, 0.05) is 6.04 Å². The summed E-state index contributed by atoms with van der Waals surface area (Å²) in [6.45, 7) is 0. The van der Waals surface area contributed by atoms with Crippen LogP contribution in [0.1, 0.15) is 50.5 Å². The van der Waals surface area contributed by atoms with Crippen molar-refractivity contribution >= 4 is 17.4 Å². The van der Waals surface area contributed by atoms with Crippen molar-refractivity contribution in [1.29, 1.82) is 0 Å². The summed E-state index contributed by atoms with van der Waals surface area (Å²) in [5, 5.41) is 10.4. The van der Waals surface area contributed by atoms with E-state index in [1.54, 1.807) is 18.2 Å². The number of hydrogen-bond donors (Lipinski definition) is 1. The highest BCUT2D eigenvalue weighted by Gasteiger charge is 2.42. The summed E-state index contributed by atoms with van der Waals surface area (Å²) >= 11 is 0. The molecule has 1 fully saturated rings. The van der Waals surface area contributed by atoms with Crippen molar-refractivity contribution in [3.8, 4) is 11.5 Å². The summed E-state index contributed by atoms with van der Waals surface area (Å²) < 4.78 is 10.5. The molecular formula is C20H25NO5. The van der Waals surface area contributed by atoms with E-state index in [2.05, 4.69) is 0 Å². The quantitative estimate of drug-likeness (QED) is 0.833. The van der Waals surface area contributed by atoms with Crippen molar-refractivity contribution in [3.63, 3.8) is 0 Å². The third kappa shape index (κ3) is 3.28. The summed E-state index contributed by atoms with van der Waals surface area (Å²) in [6.07, 6.45) is 7.02. The fraction of sp³-hybridized carbons (Fsp3) is 0.500. The first-order valence-corrected chi connectivity index (χ1v) is 9.12. The van der Waals surface area contributed by atoms with E-state index in [4.69, 9.17) is 9.47 Å². The Bertz CT molecular complexity index is 732. The Morgan fingerprint density at radius 3 is 2.15 bits per heavy atom. The molecule has 1 aromatic rings. The minimum absolute atomic E-state index is 0.0398. The normalized spacial score (nSPS) is 19.5. The average Bonchev–Trinajstić information content (AvgIpc) is 2.84. The lowest BCUT2D eigenvalue weighted by molar-refractivity contribution is -0.141. The molecule has 140 valence electrons. The van der Waals surface area contributed by atoms with Crippen LogP contribution in [-0.2, 0) is 9.59 Å². The van der Waals surface area contributed by atoms with Gasteiger partial charge in [0.25, 0.3) is 11.8 Å². The molecular weight excluding hydrogens is 334 g/mol. The fourth-order valence-electron chi connectivity index (χ4n) is 3.81. The Morgan fingerprint density at radius 2 is 1.54 bits per heavy atom. The van der Waals surface area contributed by atoms with E-state index in [9.17, 15) is 14.7 Å². The summed E-state index contributed by atoms with van der Waals surface area (Å²) in [6, 6.07) is 4.77. The Hall–Kier alpha value is -2.50. The summed E-state index contributed by atoms with van der Waals surface area (Å²) in [5.41, 5.74) is 0.491. The molecule has 6 heteroatoms. The number of aliphatic hydroxyl groups is 1. The Kier molecular flexibility index (Phi) is 5.49. The van der Waals surface area contributed by atoms with Gasteiger partial charge in [0.2, 0.25) is 0 Å². The lowest BCUT2D eigenvalue weighted by atomic mass is 9.95. The lowest BCUT2D eigenvalue weighted by Gasteiger charge is -2.28. The smallest absolute Gasteiger partial charge is 0.296 e. The van der Waals surface area contributed by atoms with Crippen LogP contribution in [0, 0.1) is 0 Å². The molecule has 0 atom stereocenters. The van der Waals surface area contributed by atoms with Gasteiger partial charge in [-0.3, -0.25) is 14.5 Å². The van der Waals surface area contributed by atoms with Crippen molar-refractivity contribution in [2.75, 3.05) is 14.2 Å². The molecule has 0 spiro atoms. The number of amides is 2. The summed E-state index contributed by atoms with van der Waals surface area (Å²) in [7, 11) is 3.02. The number of carbonyl (C=O) groups is 2. The predicted molar refractivity (Wildman–Crippen MR) is 97.1 cm³/mol. The van der Waals surface area contributed by atoms with Gasteiger partial charge < -0.3 is 14.6 Å². The van der Waals surface area contributed by atoms with Gasteiger partial charge in [-0.2, -0.15) is 0 Å². The number of imide groups is 1. The minimum Gasteiger partial charge on any atom is -0.502 e. The minimum atomic E-state index is -0.592. The van der Waals surface area contributed by atoms with Crippen molar-refractivity contribution in [1.82, 2.24) is 4.90 Å². The topological polar surface area (TPSA) is 76.1 Å². The molecule has 1 heterocycles. The van der Waals surface area contributed by atoms with E-state index in [-0.39, 0.29) is 11.6 Å². The molecule has 0 radical (unpaired) electrons. The Morgan fingerprint density at radius 1 is 0.923 bits per heavy atom. The van der Waals surface area contributed by atoms with Crippen molar-refractivity contribution in [3.05, 3.63) is 29.5 Å². The number of carbonyl (C=O) groups excluding carboxylic acids is 2. The molecule has 2 amide bonds. The molecule has 1 saturated carbocycles. The molecule has 0 aromatic heterocycles. The number of nitrogens with zero attached hydrogens (tertiary/aromatic N) is 1. The molecule has 0 bridgehead atoms. The zero-order valence-electron chi connectivity index (χ0n) is 15.3. The molecule has 26 heavy (non-hydrogen) atoms. The van der Waals surface area contributed by atoms with Crippen molar-refractivity contribution in [2.24, 2.45) is 0 Å². The number of methoxy groups -OCH3 is 2. The summed E-state index contributed by atoms with van der Waals surface area (Å²) in [5.74, 6) is -0.542. The zero-order valence-corrected chi connectivity index (χ0v) is 15.3. The van der Waals surface area contributed by atoms with Crippen LogP contribution in [0.2, 0.25) is 0 Å². The maximum Gasteiger partial charge on any atom is 0.296 e. The van der Waals surface area contributed by atoms with E-state index >= 15 is 0 Å². The second kappa shape index (κ2) is 7.81. The molecule has 1 aromatic carbocycles. The van der Waals surface area contributed by atoms with E-state index in [1.807, 2.05) is 0 Å². The zero-order chi connectivity index (χ0) is 18.7.